The lowest BCUT2D eigenvalue weighted by Gasteiger charge is -2.32. The molecule has 0 saturated carbocycles. The highest BCUT2D eigenvalue weighted by Crippen LogP contribution is 2.25. The van der Waals surface area contributed by atoms with Crippen LogP contribution < -0.4 is 5.32 Å². The van der Waals surface area contributed by atoms with Crippen LogP contribution in [-0.4, -0.2) is 65.0 Å². The summed E-state index contributed by atoms with van der Waals surface area (Å²) in [6.45, 7) is 0.736. The van der Waals surface area contributed by atoms with Gasteiger partial charge in [-0.05, 0) is 31.0 Å². The molecule has 138 valence electrons. The third-order valence-corrected chi connectivity index (χ3v) is 5.28. The fourth-order valence-corrected chi connectivity index (χ4v) is 3.71. The number of imide groups is 1. The second kappa shape index (κ2) is 7.75. The molecule has 1 saturated heterocycles. The molecule has 0 bridgehead atoms. The quantitative estimate of drug-likeness (QED) is 0.564. The van der Waals surface area contributed by atoms with Gasteiger partial charge in [0.15, 0.2) is 0 Å². The van der Waals surface area contributed by atoms with E-state index in [9.17, 15) is 19.2 Å². The fourth-order valence-electron chi connectivity index (χ4n) is 3.18. The Morgan fingerprint density at radius 1 is 1.15 bits per heavy atom. The Bertz CT molecular complexity index is 777. The standard InChI is InChI=1S/C17H17BrClN3O4/c18-10-1-2-12-13(7-10)17(26)22(16(12)25)9-14(23)20-11-3-5-21(6-4-11)15(24)8-19/h1-2,7,11H,3-6,8-9H2,(H,20,23). The van der Waals surface area contributed by atoms with Gasteiger partial charge in [-0.1, -0.05) is 15.9 Å². The van der Waals surface area contributed by atoms with Crippen molar-refractivity contribution in [3.05, 3.63) is 33.8 Å². The number of nitrogens with one attached hydrogen (secondary N) is 1. The van der Waals surface area contributed by atoms with Crippen molar-refractivity contribution >= 4 is 51.2 Å². The van der Waals surface area contributed by atoms with Gasteiger partial charge >= 0.3 is 0 Å². The van der Waals surface area contributed by atoms with E-state index < -0.39 is 11.8 Å². The van der Waals surface area contributed by atoms with Crippen molar-refractivity contribution in [2.24, 2.45) is 0 Å². The first-order valence-corrected chi connectivity index (χ1v) is 9.52. The average Bonchev–Trinajstić information content (AvgIpc) is 2.86. The number of piperidine rings is 1. The van der Waals surface area contributed by atoms with Crippen molar-refractivity contribution in [3.63, 3.8) is 0 Å². The van der Waals surface area contributed by atoms with Crippen molar-refractivity contribution in [3.8, 4) is 0 Å². The van der Waals surface area contributed by atoms with Gasteiger partial charge in [0.2, 0.25) is 11.8 Å². The van der Waals surface area contributed by atoms with E-state index in [-0.39, 0.29) is 30.3 Å². The minimum absolute atomic E-state index is 0.0487. The highest BCUT2D eigenvalue weighted by Gasteiger charge is 2.37. The fraction of sp³-hybridized carbons (Fsp3) is 0.412. The van der Waals surface area contributed by atoms with Crippen molar-refractivity contribution in [1.82, 2.24) is 15.1 Å². The maximum Gasteiger partial charge on any atom is 0.262 e. The van der Waals surface area contributed by atoms with E-state index in [1.807, 2.05) is 0 Å². The lowest BCUT2D eigenvalue weighted by Crippen LogP contribution is -2.49. The minimum Gasteiger partial charge on any atom is -0.352 e. The number of likely N-dealkylation sites (tertiary alicyclic amines) is 1. The van der Waals surface area contributed by atoms with Crippen LogP contribution in [0.25, 0.3) is 0 Å². The molecular formula is C17H17BrClN3O4. The molecule has 2 heterocycles. The van der Waals surface area contributed by atoms with Crippen molar-refractivity contribution in [1.29, 1.82) is 0 Å². The SMILES string of the molecule is O=C(CN1C(=O)c2ccc(Br)cc2C1=O)NC1CCN(C(=O)CCl)CC1. The summed E-state index contributed by atoms with van der Waals surface area (Å²) in [4.78, 5) is 51.2. The zero-order chi connectivity index (χ0) is 18.8. The van der Waals surface area contributed by atoms with Gasteiger partial charge in [0.05, 0.1) is 11.1 Å². The van der Waals surface area contributed by atoms with Crippen LogP contribution in [0.3, 0.4) is 0 Å². The zero-order valence-electron chi connectivity index (χ0n) is 13.8. The zero-order valence-corrected chi connectivity index (χ0v) is 16.2. The molecule has 2 aliphatic heterocycles. The largest absolute Gasteiger partial charge is 0.352 e. The molecule has 0 unspecified atom stereocenters. The van der Waals surface area contributed by atoms with Crippen LogP contribution >= 0.6 is 27.5 Å². The molecule has 3 rings (SSSR count). The number of hydrogen-bond acceptors (Lipinski definition) is 4. The first-order chi connectivity index (χ1) is 12.4. The number of halogens is 2. The number of carbonyl (C=O) groups is 4. The number of alkyl halides is 1. The molecule has 1 aromatic rings. The molecule has 2 aliphatic rings. The molecule has 0 aromatic heterocycles. The maximum absolute atomic E-state index is 12.4. The number of benzene rings is 1. The van der Waals surface area contributed by atoms with Gasteiger partial charge in [-0.2, -0.15) is 0 Å². The summed E-state index contributed by atoms with van der Waals surface area (Å²) < 4.78 is 0.696. The van der Waals surface area contributed by atoms with E-state index in [4.69, 9.17) is 11.6 Å². The average molecular weight is 443 g/mol. The number of amides is 4. The van der Waals surface area contributed by atoms with Gasteiger partial charge in [-0.15, -0.1) is 11.6 Å². The third kappa shape index (κ3) is 3.76. The Morgan fingerprint density at radius 3 is 2.46 bits per heavy atom. The summed E-state index contributed by atoms with van der Waals surface area (Å²) in [5.41, 5.74) is 0.601. The van der Waals surface area contributed by atoms with E-state index in [1.165, 1.54) is 0 Å². The van der Waals surface area contributed by atoms with Crippen LogP contribution in [-0.2, 0) is 9.59 Å². The van der Waals surface area contributed by atoms with Crippen LogP contribution in [0.2, 0.25) is 0 Å². The molecule has 0 radical (unpaired) electrons. The van der Waals surface area contributed by atoms with Gasteiger partial charge in [0.1, 0.15) is 12.4 Å². The van der Waals surface area contributed by atoms with Crippen LogP contribution in [0.4, 0.5) is 0 Å². The number of hydrogen-bond donors (Lipinski definition) is 1. The highest BCUT2D eigenvalue weighted by atomic mass is 79.9. The van der Waals surface area contributed by atoms with Crippen molar-refractivity contribution in [2.45, 2.75) is 18.9 Å². The first kappa shape index (κ1) is 18.8. The van der Waals surface area contributed by atoms with Gasteiger partial charge < -0.3 is 10.2 Å². The Balaban J connectivity index is 1.56. The topological polar surface area (TPSA) is 86.8 Å². The third-order valence-electron chi connectivity index (χ3n) is 4.56. The van der Waals surface area contributed by atoms with Crippen molar-refractivity contribution < 1.29 is 19.2 Å². The smallest absolute Gasteiger partial charge is 0.262 e. The molecule has 7 nitrogen and oxygen atoms in total. The number of carbonyl (C=O) groups excluding carboxylic acids is 4. The van der Waals surface area contributed by atoms with Gasteiger partial charge in [-0.25, -0.2) is 0 Å². The molecule has 0 spiro atoms. The second-order valence-electron chi connectivity index (χ2n) is 6.24. The molecule has 26 heavy (non-hydrogen) atoms. The lowest BCUT2D eigenvalue weighted by molar-refractivity contribution is -0.129. The van der Waals surface area contributed by atoms with Gasteiger partial charge in [-0.3, -0.25) is 24.1 Å². The van der Waals surface area contributed by atoms with Crippen LogP contribution in [0.5, 0.6) is 0 Å². The minimum atomic E-state index is -0.469. The molecule has 9 heteroatoms. The number of rotatable bonds is 4. The van der Waals surface area contributed by atoms with Crippen LogP contribution in [0, 0.1) is 0 Å². The Labute approximate surface area is 163 Å². The first-order valence-electron chi connectivity index (χ1n) is 8.19. The summed E-state index contributed by atoms with van der Waals surface area (Å²) in [7, 11) is 0. The molecular weight excluding hydrogens is 426 g/mol. The van der Waals surface area contributed by atoms with E-state index >= 15 is 0 Å². The summed E-state index contributed by atoms with van der Waals surface area (Å²) >= 11 is 8.81. The highest BCUT2D eigenvalue weighted by molar-refractivity contribution is 9.10. The van der Waals surface area contributed by atoms with Crippen LogP contribution in [0.15, 0.2) is 22.7 Å². The Kier molecular flexibility index (Phi) is 5.62. The maximum atomic E-state index is 12.4. The number of fused-ring (bicyclic) bond motifs is 1. The Morgan fingerprint density at radius 2 is 1.81 bits per heavy atom. The summed E-state index contributed by atoms with van der Waals surface area (Å²) in [6, 6.07) is 4.74. The number of nitrogens with zero attached hydrogens (tertiary/aromatic N) is 2. The molecule has 0 aliphatic carbocycles. The van der Waals surface area contributed by atoms with E-state index in [0.29, 0.717) is 41.5 Å². The molecule has 1 fully saturated rings. The summed E-state index contributed by atoms with van der Waals surface area (Å²) in [5, 5.41) is 2.84. The summed E-state index contributed by atoms with van der Waals surface area (Å²) in [6.07, 6.45) is 1.23. The predicted octanol–water partition coefficient (Wildman–Crippen LogP) is 1.39. The van der Waals surface area contributed by atoms with Gasteiger partial charge in [0, 0.05) is 23.6 Å². The second-order valence-corrected chi connectivity index (χ2v) is 7.43. The molecule has 4 amide bonds. The predicted molar refractivity (Wildman–Crippen MR) is 98.0 cm³/mol. The van der Waals surface area contributed by atoms with Crippen molar-refractivity contribution in [2.75, 3.05) is 25.5 Å². The molecule has 1 N–H and O–H groups in total. The summed E-state index contributed by atoms with van der Waals surface area (Å²) in [5.74, 6) is -1.49. The monoisotopic (exact) mass is 441 g/mol. The van der Waals surface area contributed by atoms with E-state index in [2.05, 4.69) is 21.2 Å². The van der Waals surface area contributed by atoms with Gasteiger partial charge in [0.25, 0.3) is 11.8 Å². The normalized spacial score (nSPS) is 17.5. The van der Waals surface area contributed by atoms with E-state index in [0.717, 1.165) is 4.90 Å². The van der Waals surface area contributed by atoms with E-state index in [1.54, 1.807) is 23.1 Å². The molecule has 1 aromatic carbocycles. The lowest BCUT2D eigenvalue weighted by atomic mass is 10.1. The molecule has 0 atom stereocenters. The Hall–Kier alpha value is -1.93. The van der Waals surface area contributed by atoms with Crippen LogP contribution in [0.1, 0.15) is 33.6 Å².